The van der Waals surface area contributed by atoms with Crippen LogP contribution in [0.3, 0.4) is 0 Å². The summed E-state index contributed by atoms with van der Waals surface area (Å²) < 4.78 is 35.6. The van der Waals surface area contributed by atoms with Crippen LogP contribution in [0, 0.1) is 13.8 Å². The molecule has 29 heteroatoms. The Bertz CT molecular complexity index is 2780. The molecule has 6 aromatic rings. The minimum atomic E-state index is -1.22. The van der Waals surface area contributed by atoms with Gasteiger partial charge in [-0.3, -0.25) is 0 Å². The molecule has 0 spiro atoms. The Labute approximate surface area is 455 Å². The van der Waals surface area contributed by atoms with Crippen molar-refractivity contribution in [3.63, 3.8) is 0 Å². The number of anilines is 3. The molecule has 0 radical (unpaired) electrons. The maximum atomic E-state index is 11.9. The minimum absolute atomic E-state index is 0.00369. The van der Waals surface area contributed by atoms with Gasteiger partial charge in [0.1, 0.15) is 85.9 Å². The molecule has 0 aliphatic heterocycles. The van der Waals surface area contributed by atoms with Crippen LogP contribution in [-0.4, -0.2) is 117 Å². The quantitative estimate of drug-likeness (QED) is 0.0369. The van der Waals surface area contributed by atoms with Gasteiger partial charge in [0, 0.05) is 18.7 Å². The average Bonchev–Trinajstić information content (AvgIpc) is 3.38. The first-order valence-corrected chi connectivity index (χ1v) is 23.4. The molecule has 404 valence electrons. The maximum absolute atomic E-state index is 11.9. The molecule has 8 N–H and O–H groups in total. The lowest BCUT2D eigenvalue weighted by atomic mass is 10.1. The van der Waals surface area contributed by atoms with Crippen molar-refractivity contribution in [2.75, 3.05) is 65.0 Å². The highest BCUT2D eigenvalue weighted by atomic mass is 35.5. The first-order chi connectivity index (χ1) is 35.7. The van der Waals surface area contributed by atoms with Gasteiger partial charge in [-0.1, -0.05) is 58.0 Å². The number of aromatic carboxylic acids is 1. The van der Waals surface area contributed by atoms with Crippen molar-refractivity contribution in [2.24, 2.45) is 5.73 Å². The van der Waals surface area contributed by atoms with E-state index >= 15 is 0 Å². The number of carboxylic acid groups (broad SMARTS) is 1. The van der Waals surface area contributed by atoms with Gasteiger partial charge in [-0.15, -0.1) is 0 Å². The molecule has 0 bridgehead atoms. The van der Waals surface area contributed by atoms with E-state index in [0.717, 1.165) is 52.7 Å². The molecule has 0 unspecified atom stereocenters. The number of halogens is 5. The normalized spacial score (nSPS) is 9.91. The molecule has 4 aromatic heterocycles. The highest BCUT2D eigenvalue weighted by molar-refractivity contribution is 6.42. The average molecular weight is 1140 g/mol. The summed E-state index contributed by atoms with van der Waals surface area (Å²) in [6.07, 6.45) is 4.61. The number of carbonyl (C=O) groups excluding carboxylic acids is 3. The number of aryl methyl sites for hydroxylation is 2. The van der Waals surface area contributed by atoms with E-state index < -0.39 is 23.9 Å². The molecule has 2 aromatic carbocycles. The second-order valence-electron chi connectivity index (χ2n) is 13.9. The van der Waals surface area contributed by atoms with Crippen molar-refractivity contribution in [3.05, 3.63) is 120 Å². The molecular formula is C46H53Cl5N12O12. The molecule has 0 amide bonds. The molecule has 0 fully saturated rings. The van der Waals surface area contributed by atoms with Crippen molar-refractivity contribution < 1.29 is 57.4 Å². The van der Waals surface area contributed by atoms with E-state index in [2.05, 4.69) is 45.2 Å². The number of aromatic nitrogens is 8. The van der Waals surface area contributed by atoms with Crippen molar-refractivity contribution in [1.82, 2.24) is 39.9 Å². The van der Waals surface area contributed by atoms with Gasteiger partial charge in [0.25, 0.3) is 0 Å². The van der Waals surface area contributed by atoms with Crippen LogP contribution in [0.15, 0.2) is 49.6 Å². The Morgan fingerprint density at radius 2 is 0.867 bits per heavy atom. The van der Waals surface area contributed by atoms with Gasteiger partial charge in [-0.2, -0.15) is 0 Å². The SMILES string of the molecule is CCOC(=O)c1ncnc(Cl)c1Cl.CCOC(=O)c1ncnc(N)c1Cl.CCOC(=O)c1ncnc(NCc2c(OC)cc(C)cc2OC)c1Cl.COc1cc(C)cc(OC)c1CN.Nc1ncnc(C(=O)O)c1Cl. The topological polar surface area (TPSA) is 346 Å². The molecule has 0 aliphatic carbocycles. The van der Waals surface area contributed by atoms with E-state index in [-0.39, 0.29) is 79.5 Å². The molecule has 24 nitrogen and oxygen atoms in total. The third-order valence-electron chi connectivity index (χ3n) is 8.92. The second-order valence-corrected chi connectivity index (χ2v) is 15.7. The number of rotatable bonds is 15. The van der Waals surface area contributed by atoms with E-state index in [9.17, 15) is 19.2 Å². The standard InChI is InChI=1S/C17H20ClN3O4.C10H15NO2.C7H6Cl2N2O2.C7H8ClN3O2.C5H4ClN3O2/c1-5-25-17(22)15-14(18)16(21-9-20-15)19-8-11-12(23-3)6-10(2)7-13(11)24-4;1-7-4-9(12-2)8(6-11)10(5-7)13-3;2*1-2-13-7(12)5-4(8)6(9)11-3-10-5;6-2-3(5(10)11)8-1-9-4(2)7/h6-7,9H,5,8H2,1-4H3,(H,19,20,21);4-5H,6,11H2,1-3H3;3H,2H2,1H3;3H,2H2,1H3,(H2,9,10,11);1H,(H,10,11)(H2,7,8,9). The minimum Gasteiger partial charge on any atom is -0.496 e. The van der Waals surface area contributed by atoms with Crippen LogP contribution in [0.4, 0.5) is 17.5 Å². The van der Waals surface area contributed by atoms with Gasteiger partial charge in [0.05, 0.1) is 53.8 Å². The van der Waals surface area contributed by atoms with Crippen molar-refractivity contribution >= 4 is 99.3 Å². The van der Waals surface area contributed by atoms with Crippen molar-refractivity contribution in [3.8, 4) is 23.0 Å². The smallest absolute Gasteiger partial charge is 0.358 e. The van der Waals surface area contributed by atoms with Gasteiger partial charge >= 0.3 is 23.9 Å². The predicted molar refractivity (Wildman–Crippen MR) is 281 cm³/mol. The third kappa shape index (κ3) is 19.1. The number of ether oxygens (including phenoxy) is 7. The first kappa shape index (κ1) is 63.8. The molecule has 0 saturated heterocycles. The van der Waals surface area contributed by atoms with Gasteiger partial charge in [0.15, 0.2) is 27.9 Å². The number of carbonyl (C=O) groups is 4. The lowest BCUT2D eigenvalue weighted by Gasteiger charge is -2.16. The fourth-order valence-corrected chi connectivity index (χ4v) is 6.46. The number of hydrogen-bond acceptors (Lipinski definition) is 23. The predicted octanol–water partition coefficient (Wildman–Crippen LogP) is 7.97. The van der Waals surface area contributed by atoms with Crippen LogP contribution in [0.2, 0.25) is 25.2 Å². The number of methoxy groups -OCH3 is 4. The Morgan fingerprint density at radius 3 is 1.24 bits per heavy atom. The second kappa shape index (κ2) is 32.8. The van der Waals surface area contributed by atoms with Crippen molar-refractivity contribution in [2.45, 2.75) is 47.7 Å². The summed E-state index contributed by atoms with van der Waals surface area (Å²) >= 11 is 28.6. The third-order valence-corrected chi connectivity index (χ3v) is 10.8. The zero-order valence-corrected chi connectivity index (χ0v) is 45.6. The summed E-state index contributed by atoms with van der Waals surface area (Å²) in [6, 6.07) is 7.71. The van der Waals surface area contributed by atoms with Gasteiger partial charge in [0.2, 0.25) is 0 Å². The number of nitrogen functional groups attached to an aromatic ring is 2. The largest absolute Gasteiger partial charge is 0.496 e. The number of nitrogens with one attached hydrogen (secondary N) is 1. The fraction of sp³-hybridized carbons (Fsp3) is 0.304. The number of nitrogens with zero attached hydrogens (tertiary/aromatic N) is 8. The van der Waals surface area contributed by atoms with Crippen LogP contribution >= 0.6 is 58.0 Å². The zero-order chi connectivity index (χ0) is 56.4. The van der Waals surface area contributed by atoms with E-state index in [1.165, 1.54) is 6.33 Å². The van der Waals surface area contributed by atoms with Crippen LogP contribution in [0.1, 0.15) is 85.0 Å². The molecular weight excluding hydrogens is 1090 g/mol. The molecule has 0 aliphatic rings. The van der Waals surface area contributed by atoms with E-state index in [1.54, 1.807) is 49.2 Å². The summed E-state index contributed by atoms with van der Waals surface area (Å²) in [6.45, 7) is 10.6. The molecule has 0 atom stereocenters. The van der Waals surface area contributed by atoms with Gasteiger partial charge in [-0.25, -0.2) is 59.0 Å². The number of benzene rings is 2. The zero-order valence-electron chi connectivity index (χ0n) is 41.8. The molecule has 4 heterocycles. The number of hydrogen-bond donors (Lipinski definition) is 5. The summed E-state index contributed by atoms with van der Waals surface area (Å²) in [5, 5.41) is 11.6. The van der Waals surface area contributed by atoms with Crippen LogP contribution in [-0.2, 0) is 27.3 Å². The first-order valence-electron chi connectivity index (χ1n) is 21.5. The molecule has 0 saturated carbocycles. The van der Waals surface area contributed by atoms with E-state index in [0.29, 0.717) is 30.4 Å². The monoisotopic (exact) mass is 1140 g/mol. The van der Waals surface area contributed by atoms with Crippen molar-refractivity contribution in [1.29, 1.82) is 0 Å². The molecule has 6 rings (SSSR count). The van der Waals surface area contributed by atoms with Crippen LogP contribution in [0.25, 0.3) is 0 Å². The summed E-state index contributed by atoms with van der Waals surface area (Å²) in [7, 11) is 6.45. The number of carboxylic acids is 1. The molecule has 75 heavy (non-hydrogen) atoms. The highest BCUT2D eigenvalue weighted by Crippen LogP contribution is 2.33. The van der Waals surface area contributed by atoms with E-state index in [1.807, 2.05) is 38.1 Å². The van der Waals surface area contributed by atoms with Crippen LogP contribution < -0.4 is 41.5 Å². The Kier molecular flexibility index (Phi) is 27.8. The van der Waals surface area contributed by atoms with E-state index in [4.69, 9.17) is 113 Å². The highest BCUT2D eigenvalue weighted by Gasteiger charge is 2.20. The van der Waals surface area contributed by atoms with Gasteiger partial charge < -0.3 is 60.8 Å². The summed E-state index contributed by atoms with van der Waals surface area (Å²) in [4.78, 5) is 73.9. The maximum Gasteiger partial charge on any atom is 0.358 e. The Balaban J connectivity index is 0.000000335. The lowest BCUT2D eigenvalue weighted by Crippen LogP contribution is -2.11. The Morgan fingerprint density at radius 1 is 0.520 bits per heavy atom. The Hall–Kier alpha value is -7.35. The lowest BCUT2D eigenvalue weighted by molar-refractivity contribution is 0.0510. The summed E-state index contributed by atoms with van der Waals surface area (Å²) in [5.41, 5.74) is 19.7. The summed E-state index contributed by atoms with van der Waals surface area (Å²) in [5.74, 6) is 0.299. The van der Waals surface area contributed by atoms with Gasteiger partial charge in [-0.05, 0) is 70.0 Å². The van der Waals surface area contributed by atoms with Crippen LogP contribution in [0.5, 0.6) is 23.0 Å². The number of nitrogens with two attached hydrogens (primary N) is 3. The fourth-order valence-electron chi connectivity index (χ4n) is 5.56. The number of esters is 3.